The number of fused-ring (bicyclic) bond motifs is 3. The molecular formula is C20H20ClNO. The maximum Gasteiger partial charge on any atom is 0.124 e. The molecule has 0 fully saturated rings. The molecule has 0 saturated heterocycles. The number of ether oxygens (including phenoxy) is 1. The number of aryl methyl sites for hydroxylation is 1. The average Bonchev–Trinajstić information content (AvgIpc) is 3.04. The maximum atomic E-state index is 6.30. The van der Waals surface area contributed by atoms with E-state index in [0.29, 0.717) is 11.8 Å². The van der Waals surface area contributed by atoms with E-state index in [1.165, 1.54) is 22.4 Å². The molecule has 0 amide bonds. The molecule has 1 aliphatic carbocycles. The number of anilines is 1. The van der Waals surface area contributed by atoms with Crippen molar-refractivity contribution in [2.75, 3.05) is 12.4 Å². The predicted octanol–water partition coefficient (Wildman–Crippen LogP) is 5.48. The van der Waals surface area contributed by atoms with Crippen LogP contribution in [0.1, 0.15) is 35.1 Å². The van der Waals surface area contributed by atoms with E-state index in [-0.39, 0.29) is 6.04 Å². The molecule has 0 bridgehead atoms. The molecule has 0 aromatic heterocycles. The van der Waals surface area contributed by atoms with Gasteiger partial charge in [-0.3, -0.25) is 0 Å². The van der Waals surface area contributed by atoms with Gasteiger partial charge < -0.3 is 10.1 Å². The van der Waals surface area contributed by atoms with Gasteiger partial charge in [-0.15, -0.1) is 0 Å². The highest BCUT2D eigenvalue weighted by molar-refractivity contribution is 6.30. The van der Waals surface area contributed by atoms with Crippen molar-refractivity contribution in [1.29, 1.82) is 0 Å². The summed E-state index contributed by atoms with van der Waals surface area (Å²) in [5, 5.41) is 4.59. The molecule has 0 spiro atoms. The van der Waals surface area contributed by atoms with Crippen LogP contribution < -0.4 is 10.1 Å². The van der Waals surface area contributed by atoms with E-state index in [1.807, 2.05) is 18.2 Å². The monoisotopic (exact) mass is 325 g/mol. The maximum absolute atomic E-state index is 6.30. The van der Waals surface area contributed by atoms with Crippen LogP contribution in [0.15, 0.2) is 48.6 Å². The molecule has 118 valence electrons. The van der Waals surface area contributed by atoms with Crippen LogP contribution in [0.5, 0.6) is 5.75 Å². The molecule has 1 N–H and O–H groups in total. The number of para-hydroxylation sites is 1. The van der Waals surface area contributed by atoms with Crippen molar-refractivity contribution in [3.8, 4) is 5.75 Å². The first kappa shape index (κ1) is 14.6. The van der Waals surface area contributed by atoms with E-state index < -0.39 is 0 Å². The molecule has 2 aromatic rings. The molecule has 0 radical (unpaired) electrons. The number of rotatable bonds is 2. The number of halogens is 1. The normalized spacial score (nSPS) is 24.7. The summed E-state index contributed by atoms with van der Waals surface area (Å²) in [6.45, 7) is 2.12. The number of allylic oxidation sites excluding steroid dienone is 2. The molecule has 1 heterocycles. The lowest BCUT2D eigenvalue weighted by atomic mass is 9.76. The highest BCUT2D eigenvalue weighted by atomic mass is 35.5. The fourth-order valence-electron chi connectivity index (χ4n) is 4.07. The fourth-order valence-corrected chi connectivity index (χ4v) is 4.35. The second-order valence-electron chi connectivity index (χ2n) is 6.40. The summed E-state index contributed by atoms with van der Waals surface area (Å²) in [6, 6.07) is 12.7. The second-order valence-corrected chi connectivity index (χ2v) is 6.84. The minimum atomic E-state index is 0.249. The van der Waals surface area contributed by atoms with E-state index >= 15 is 0 Å². The first-order chi connectivity index (χ1) is 11.2. The number of hydrogen-bond acceptors (Lipinski definition) is 2. The van der Waals surface area contributed by atoms with Crippen LogP contribution in [0, 0.1) is 12.8 Å². The van der Waals surface area contributed by atoms with Crippen LogP contribution in [0.3, 0.4) is 0 Å². The number of benzene rings is 2. The molecule has 1 aliphatic heterocycles. The first-order valence-corrected chi connectivity index (χ1v) is 8.43. The van der Waals surface area contributed by atoms with Gasteiger partial charge in [0.1, 0.15) is 5.75 Å². The van der Waals surface area contributed by atoms with E-state index in [0.717, 1.165) is 17.2 Å². The van der Waals surface area contributed by atoms with Crippen molar-refractivity contribution in [1.82, 2.24) is 0 Å². The number of nitrogens with one attached hydrogen (secondary N) is 1. The van der Waals surface area contributed by atoms with Gasteiger partial charge in [-0.1, -0.05) is 42.0 Å². The van der Waals surface area contributed by atoms with Gasteiger partial charge in [0.05, 0.1) is 13.2 Å². The van der Waals surface area contributed by atoms with Crippen molar-refractivity contribution >= 4 is 17.3 Å². The summed E-state index contributed by atoms with van der Waals surface area (Å²) in [7, 11) is 1.74. The Kier molecular flexibility index (Phi) is 3.57. The van der Waals surface area contributed by atoms with Gasteiger partial charge in [0.15, 0.2) is 0 Å². The number of methoxy groups -OCH3 is 1. The van der Waals surface area contributed by atoms with Crippen LogP contribution >= 0.6 is 11.6 Å². The van der Waals surface area contributed by atoms with Crippen LogP contribution in [0.4, 0.5) is 5.69 Å². The lowest BCUT2D eigenvalue weighted by Crippen LogP contribution is -2.29. The number of hydrogen-bond donors (Lipinski definition) is 1. The lowest BCUT2D eigenvalue weighted by molar-refractivity contribution is 0.381. The van der Waals surface area contributed by atoms with Crippen LogP contribution in [0.2, 0.25) is 5.02 Å². The lowest BCUT2D eigenvalue weighted by Gasteiger charge is -2.38. The molecular weight excluding hydrogens is 306 g/mol. The van der Waals surface area contributed by atoms with Crippen LogP contribution in [-0.4, -0.2) is 7.11 Å². The summed E-state index contributed by atoms with van der Waals surface area (Å²) in [5.41, 5.74) is 4.97. The average molecular weight is 326 g/mol. The highest BCUT2D eigenvalue weighted by Crippen LogP contribution is 2.52. The third kappa shape index (κ3) is 2.33. The van der Waals surface area contributed by atoms with Gasteiger partial charge in [0.2, 0.25) is 0 Å². The van der Waals surface area contributed by atoms with Crippen molar-refractivity contribution in [3.05, 3.63) is 70.3 Å². The minimum Gasteiger partial charge on any atom is -0.496 e. The zero-order valence-electron chi connectivity index (χ0n) is 13.3. The second kappa shape index (κ2) is 5.61. The van der Waals surface area contributed by atoms with Gasteiger partial charge in [0.25, 0.3) is 0 Å². The molecule has 23 heavy (non-hydrogen) atoms. The van der Waals surface area contributed by atoms with E-state index in [9.17, 15) is 0 Å². The molecule has 0 saturated carbocycles. The Morgan fingerprint density at radius 3 is 2.83 bits per heavy atom. The SMILES string of the molecule is COc1ccccc1[C@@H]1Nc2c(C)cc(Cl)cc2[C@@H]2C=CC[C@H]21. The van der Waals surface area contributed by atoms with Gasteiger partial charge in [-0.05, 0) is 48.6 Å². The zero-order valence-corrected chi connectivity index (χ0v) is 14.1. The standard InChI is InChI=1S/C20H20ClNO/c1-12-10-13(21)11-17-14-7-5-8-15(14)20(22-19(12)17)16-6-3-4-9-18(16)23-2/h3-7,9-11,14-15,20,22H,8H2,1-2H3/t14-,15-,20-/m1/s1. The first-order valence-electron chi connectivity index (χ1n) is 8.05. The van der Waals surface area contributed by atoms with Gasteiger partial charge >= 0.3 is 0 Å². The fraction of sp³-hybridized carbons (Fsp3) is 0.300. The van der Waals surface area contributed by atoms with Crippen molar-refractivity contribution in [3.63, 3.8) is 0 Å². The quantitative estimate of drug-likeness (QED) is 0.738. The third-order valence-corrected chi connectivity index (χ3v) is 5.32. The molecule has 3 atom stereocenters. The Morgan fingerprint density at radius 1 is 1.17 bits per heavy atom. The van der Waals surface area contributed by atoms with E-state index in [1.54, 1.807) is 7.11 Å². The molecule has 2 aliphatic rings. The van der Waals surface area contributed by atoms with Gasteiger partial charge in [0, 0.05) is 22.2 Å². The Bertz CT molecular complexity index is 783. The Morgan fingerprint density at radius 2 is 2.00 bits per heavy atom. The van der Waals surface area contributed by atoms with Gasteiger partial charge in [-0.2, -0.15) is 0 Å². The molecule has 3 heteroatoms. The summed E-state index contributed by atoms with van der Waals surface area (Å²) < 4.78 is 5.60. The summed E-state index contributed by atoms with van der Waals surface area (Å²) in [6.07, 6.45) is 5.71. The summed E-state index contributed by atoms with van der Waals surface area (Å²) >= 11 is 6.30. The van der Waals surface area contributed by atoms with Crippen molar-refractivity contribution < 1.29 is 4.74 Å². The highest BCUT2D eigenvalue weighted by Gasteiger charge is 2.39. The van der Waals surface area contributed by atoms with Gasteiger partial charge in [-0.25, -0.2) is 0 Å². The molecule has 0 unspecified atom stereocenters. The Labute approximate surface area is 142 Å². The van der Waals surface area contributed by atoms with Crippen molar-refractivity contribution in [2.24, 2.45) is 5.92 Å². The smallest absolute Gasteiger partial charge is 0.124 e. The minimum absolute atomic E-state index is 0.249. The van der Waals surface area contributed by atoms with Crippen molar-refractivity contribution in [2.45, 2.75) is 25.3 Å². The Balaban J connectivity index is 1.85. The predicted molar refractivity (Wildman–Crippen MR) is 95.5 cm³/mol. The summed E-state index contributed by atoms with van der Waals surface area (Å²) in [5.74, 6) is 1.86. The molecule has 4 rings (SSSR count). The van der Waals surface area contributed by atoms with Crippen LogP contribution in [-0.2, 0) is 0 Å². The Hall–Kier alpha value is -1.93. The third-order valence-electron chi connectivity index (χ3n) is 5.10. The molecule has 2 aromatic carbocycles. The molecule has 2 nitrogen and oxygen atoms in total. The van der Waals surface area contributed by atoms with Crippen LogP contribution in [0.25, 0.3) is 0 Å². The van der Waals surface area contributed by atoms with E-state index in [4.69, 9.17) is 16.3 Å². The topological polar surface area (TPSA) is 21.3 Å². The zero-order chi connectivity index (χ0) is 16.0. The van der Waals surface area contributed by atoms with E-state index in [2.05, 4.69) is 42.6 Å². The summed E-state index contributed by atoms with van der Waals surface area (Å²) in [4.78, 5) is 0. The largest absolute Gasteiger partial charge is 0.496 e.